The third-order valence-electron chi connectivity index (χ3n) is 1.63. The molecule has 1 aromatic rings. The van der Waals surface area contributed by atoms with Crippen molar-refractivity contribution in [1.29, 1.82) is 0 Å². The van der Waals surface area contributed by atoms with Gasteiger partial charge in [-0.3, -0.25) is 0 Å². The van der Waals surface area contributed by atoms with Gasteiger partial charge in [0, 0.05) is 16.6 Å². The van der Waals surface area contributed by atoms with Crippen LogP contribution in [0.15, 0.2) is 12.1 Å². The van der Waals surface area contributed by atoms with Crippen molar-refractivity contribution in [1.82, 2.24) is 0 Å². The fourth-order valence-corrected chi connectivity index (χ4v) is 1.26. The van der Waals surface area contributed by atoms with Crippen molar-refractivity contribution < 1.29 is 19.2 Å². The molecule has 0 saturated heterocycles. The Hall–Kier alpha value is -0.775. The van der Waals surface area contributed by atoms with Crippen molar-refractivity contribution in [3.63, 3.8) is 0 Å². The van der Waals surface area contributed by atoms with E-state index in [0.29, 0.717) is 6.61 Å². The fraction of sp³-hybridized carbons (Fsp3) is 0.250. The molecule has 0 radical (unpaired) electrons. The lowest BCUT2D eigenvalue weighted by atomic mass is 9.80. The predicted octanol–water partition coefficient (Wildman–Crippen LogP) is 0.558. The zero-order chi connectivity index (χ0) is 10.7. The fourth-order valence-electron chi connectivity index (χ4n) is 1.01. The van der Waals surface area contributed by atoms with Gasteiger partial charge in [-0.2, -0.15) is 0 Å². The minimum Gasteiger partial charge on any atom is -0.491 e. The van der Waals surface area contributed by atoms with Crippen LogP contribution < -0.4 is 10.2 Å². The Morgan fingerprint density at radius 2 is 2.14 bits per heavy atom. The number of hydrogen-bond acceptors (Lipinski definition) is 3. The second-order valence-electron chi connectivity index (χ2n) is 2.61. The van der Waals surface area contributed by atoms with Crippen molar-refractivity contribution in [2.45, 2.75) is 6.92 Å². The van der Waals surface area contributed by atoms with Gasteiger partial charge in [0.15, 0.2) is 11.6 Å². The molecule has 0 saturated carbocycles. The molecule has 0 spiro atoms. The highest BCUT2D eigenvalue weighted by atomic mass is 35.5. The molecule has 0 bridgehead atoms. The van der Waals surface area contributed by atoms with Crippen LogP contribution in [0.1, 0.15) is 6.92 Å². The van der Waals surface area contributed by atoms with Gasteiger partial charge in [-0.15, -0.1) is 0 Å². The topological polar surface area (TPSA) is 49.7 Å². The molecule has 0 aliphatic heterocycles. The summed E-state index contributed by atoms with van der Waals surface area (Å²) in [7, 11) is -1.78. The number of rotatable bonds is 3. The molecule has 0 atom stereocenters. The van der Waals surface area contributed by atoms with E-state index in [2.05, 4.69) is 0 Å². The Kier molecular flexibility index (Phi) is 3.74. The average Bonchev–Trinajstić information content (AvgIpc) is 2.10. The number of ether oxygens (including phenoxy) is 1. The molecule has 1 aromatic carbocycles. The summed E-state index contributed by atoms with van der Waals surface area (Å²) in [4.78, 5) is 0. The molecule has 3 nitrogen and oxygen atoms in total. The van der Waals surface area contributed by atoms with E-state index in [1.807, 2.05) is 0 Å². The zero-order valence-electron chi connectivity index (χ0n) is 7.50. The van der Waals surface area contributed by atoms with Gasteiger partial charge in [0.2, 0.25) is 0 Å². The molecule has 0 fully saturated rings. The molecule has 14 heavy (non-hydrogen) atoms. The van der Waals surface area contributed by atoms with Crippen LogP contribution in [0.3, 0.4) is 0 Å². The van der Waals surface area contributed by atoms with Crippen molar-refractivity contribution in [2.75, 3.05) is 6.61 Å². The number of hydrogen-bond donors (Lipinski definition) is 2. The Balaban J connectivity index is 3.10. The van der Waals surface area contributed by atoms with E-state index in [9.17, 15) is 4.39 Å². The Morgan fingerprint density at radius 3 is 2.64 bits per heavy atom. The van der Waals surface area contributed by atoms with Gasteiger partial charge in [0.05, 0.1) is 6.61 Å². The Labute approximate surface area is 86.2 Å². The normalized spacial score (nSPS) is 10.1. The van der Waals surface area contributed by atoms with Gasteiger partial charge in [-0.25, -0.2) is 4.39 Å². The summed E-state index contributed by atoms with van der Waals surface area (Å²) < 4.78 is 18.1. The van der Waals surface area contributed by atoms with Gasteiger partial charge in [0.1, 0.15) is 0 Å². The van der Waals surface area contributed by atoms with Crippen LogP contribution in [-0.2, 0) is 0 Å². The molecule has 6 heteroatoms. The smallest absolute Gasteiger partial charge is 0.490 e. The molecule has 0 amide bonds. The van der Waals surface area contributed by atoms with E-state index in [-0.39, 0.29) is 16.2 Å². The largest absolute Gasteiger partial charge is 0.491 e. The minimum atomic E-state index is -1.78. The van der Waals surface area contributed by atoms with Crippen LogP contribution in [0.5, 0.6) is 5.75 Å². The SMILES string of the molecule is CCOc1cc(Cl)c(B(O)O)cc1F. The van der Waals surface area contributed by atoms with Crippen molar-refractivity contribution in [3.8, 4) is 5.75 Å². The maximum Gasteiger partial charge on any atom is 0.490 e. The summed E-state index contributed by atoms with van der Waals surface area (Å²) in [6, 6.07) is 2.16. The van der Waals surface area contributed by atoms with E-state index in [1.54, 1.807) is 6.92 Å². The maximum atomic E-state index is 13.2. The van der Waals surface area contributed by atoms with Gasteiger partial charge in [-0.1, -0.05) is 11.6 Å². The standard InChI is InChI=1S/C8H9BClFO3/c1-2-14-8-4-6(10)5(9(12)13)3-7(8)11/h3-4,12-13H,2H2,1H3. The lowest BCUT2D eigenvalue weighted by Crippen LogP contribution is -2.31. The second kappa shape index (κ2) is 4.64. The molecule has 76 valence electrons. The third-order valence-corrected chi connectivity index (χ3v) is 1.96. The summed E-state index contributed by atoms with van der Waals surface area (Å²) in [6.45, 7) is 2.02. The van der Waals surface area contributed by atoms with Crippen LogP contribution in [0.2, 0.25) is 5.02 Å². The van der Waals surface area contributed by atoms with E-state index in [1.165, 1.54) is 6.07 Å². The summed E-state index contributed by atoms with van der Waals surface area (Å²) in [6.07, 6.45) is 0. The monoisotopic (exact) mass is 218 g/mol. The van der Waals surface area contributed by atoms with Crippen LogP contribution >= 0.6 is 11.6 Å². The lowest BCUT2D eigenvalue weighted by Gasteiger charge is -2.08. The Morgan fingerprint density at radius 1 is 1.50 bits per heavy atom. The van der Waals surface area contributed by atoms with Crippen molar-refractivity contribution in [2.24, 2.45) is 0 Å². The molecule has 0 heterocycles. The van der Waals surface area contributed by atoms with Crippen molar-refractivity contribution in [3.05, 3.63) is 23.0 Å². The first-order valence-electron chi connectivity index (χ1n) is 4.04. The second-order valence-corrected chi connectivity index (χ2v) is 3.02. The zero-order valence-corrected chi connectivity index (χ0v) is 8.25. The lowest BCUT2D eigenvalue weighted by molar-refractivity contribution is 0.321. The van der Waals surface area contributed by atoms with Crippen molar-refractivity contribution >= 4 is 24.2 Å². The maximum absolute atomic E-state index is 13.2. The van der Waals surface area contributed by atoms with E-state index < -0.39 is 12.9 Å². The average molecular weight is 218 g/mol. The highest BCUT2D eigenvalue weighted by Crippen LogP contribution is 2.20. The van der Waals surface area contributed by atoms with Gasteiger partial charge < -0.3 is 14.8 Å². The van der Waals surface area contributed by atoms with E-state index in [4.69, 9.17) is 26.4 Å². The summed E-state index contributed by atoms with van der Waals surface area (Å²) in [5.74, 6) is -0.666. The van der Waals surface area contributed by atoms with Gasteiger partial charge >= 0.3 is 7.12 Å². The Bertz CT molecular complexity index is 333. The number of halogens is 2. The molecule has 1 rings (SSSR count). The van der Waals surface area contributed by atoms with Gasteiger partial charge in [-0.05, 0) is 13.0 Å². The first-order valence-corrected chi connectivity index (χ1v) is 4.42. The van der Waals surface area contributed by atoms with E-state index in [0.717, 1.165) is 6.07 Å². The molecular weight excluding hydrogens is 209 g/mol. The minimum absolute atomic E-state index is 0.00176. The third kappa shape index (κ3) is 2.38. The molecule has 0 aromatic heterocycles. The van der Waals surface area contributed by atoms with Crippen LogP contribution in [0, 0.1) is 5.82 Å². The van der Waals surface area contributed by atoms with Crippen LogP contribution in [-0.4, -0.2) is 23.8 Å². The number of benzene rings is 1. The molecule has 0 aliphatic rings. The molecular formula is C8H9BClFO3. The van der Waals surface area contributed by atoms with Crippen LogP contribution in [0.4, 0.5) is 4.39 Å². The highest BCUT2D eigenvalue weighted by Gasteiger charge is 2.18. The van der Waals surface area contributed by atoms with E-state index >= 15 is 0 Å². The molecule has 2 N–H and O–H groups in total. The molecule has 0 aliphatic carbocycles. The highest BCUT2D eigenvalue weighted by molar-refractivity contribution is 6.62. The summed E-state index contributed by atoms with van der Waals surface area (Å²) in [5.41, 5.74) is -0.0763. The predicted molar refractivity (Wildman–Crippen MR) is 52.4 cm³/mol. The van der Waals surface area contributed by atoms with Gasteiger partial charge in [0.25, 0.3) is 0 Å². The summed E-state index contributed by atoms with van der Waals surface area (Å²) in [5, 5.41) is 17.7. The molecule has 0 unspecified atom stereocenters. The quantitative estimate of drug-likeness (QED) is 0.729. The first-order chi connectivity index (χ1) is 6.56. The van der Waals surface area contributed by atoms with Crippen LogP contribution in [0.25, 0.3) is 0 Å². The summed E-state index contributed by atoms with van der Waals surface area (Å²) >= 11 is 5.67. The first kappa shape index (κ1) is 11.3.